The molecule has 0 bridgehead atoms. The van der Waals surface area contributed by atoms with Gasteiger partial charge in [0.25, 0.3) is 0 Å². The van der Waals surface area contributed by atoms with Crippen LogP contribution >= 0.6 is 0 Å². The molecule has 0 aromatic carbocycles. The Morgan fingerprint density at radius 1 is 1.21 bits per heavy atom. The van der Waals surface area contributed by atoms with Crippen LogP contribution in [0.25, 0.3) is 0 Å². The van der Waals surface area contributed by atoms with Crippen molar-refractivity contribution in [2.24, 2.45) is 22.7 Å². The Morgan fingerprint density at radius 2 is 1.92 bits per heavy atom. The third-order valence-corrected chi connectivity index (χ3v) is 8.27. The van der Waals surface area contributed by atoms with Crippen LogP contribution in [0.1, 0.15) is 64.2 Å². The Labute approximate surface area is 143 Å². The molecule has 134 valence electrons. The van der Waals surface area contributed by atoms with Gasteiger partial charge < -0.3 is 19.7 Å². The number of rotatable bonds is 0. The van der Waals surface area contributed by atoms with E-state index in [1.807, 2.05) is 19.9 Å². The summed E-state index contributed by atoms with van der Waals surface area (Å²) < 4.78 is 5.73. The summed E-state index contributed by atoms with van der Waals surface area (Å²) in [7, 11) is 0. The third kappa shape index (κ3) is 1.75. The molecule has 0 radical (unpaired) electrons. The van der Waals surface area contributed by atoms with Gasteiger partial charge in [0.1, 0.15) is 5.76 Å². The van der Waals surface area contributed by atoms with Crippen molar-refractivity contribution < 1.29 is 19.7 Å². The van der Waals surface area contributed by atoms with Gasteiger partial charge in [0.15, 0.2) is 0 Å². The van der Waals surface area contributed by atoms with Crippen LogP contribution in [0, 0.1) is 22.7 Å². The molecule has 0 amide bonds. The molecule has 4 rings (SSSR count). The highest BCUT2D eigenvalue weighted by Gasteiger charge is 2.69. The van der Waals surface area contributed by atoms with Crippen molar-refractivity contribution >= 4 is 0 Å². The number of hydrogen-bond donors (Lipinski definition) is 3. The van der Waals surface area contributed by atoms with Crippen molar-refractivity contribution in [1.82, 2.24) is 0 Å². The molecule has 3 aliphatic carbocycles. The summed E-state index contributed by atoms with van der Waals surface area (Å²) in [5.41, 5.74) is -0.849. The fraction of sp³-hybridized carbons (Fsp3) is 0.800. The van der Waals surface area contributed by atoms with E-state index in [2.05, 4.69) is 13.8 Å². The van der Waals surface area contributed by atoms with Crippen LogP contribution < -0.4 is 0 Å². The minimum atomic E-state index is -1.08. The van der Waals surface area contributed by atoms with E-state index in [0.717, 1.165) is 18.6 Å². The standard InChI is InChI=1S/C20H30O4/c1-11-12-6-8-24-15(12)9-13-17(11)14(21)10-20(23)18(2,3)16(22)5-7-19(13,20)4/h6,8,11,13-14,16-17,21-23H,5,7,9-10H2,1-4H3/t11-,13-,14+,16-,17+,19+,20-/m0/s1. The number of aliphatic hydroxyl groups is 3. The SMILES string of the molecule is C[C@H]1c2ccoc2C[C@H]2[C@@H]1[C@H](O)C[C@]1(O)C(C)(C)[C@@H](O)CC[C@]21C. The second-order valence-corrected chi connectivity index (χ2v) is 9.30. The zero-order valence-corrected chi connectivity index (χ0v) is 15.1. The first-order chi connectivity index (χ1) is 11.1. The number of hydrogen-bond acceptors (Lipinski definition) is 4. The van der Waals surface area contributed by atoms with Crippen LogP contribution in [0.15, 0.2) is 16.7 Å². The smallest absolute Gasteiger partial charge is 0.107 e. The lowest BCUT2D eigenvalue weighted by Gasteiger charge is -2.67. The van der Waals surface area contributed by atoms with E-state index >= 15 is 0 Å². The first kappa shape index (κ1) is 16.6. The van der Waals surface area contributed by atoms with Crippen molar-refractivity contribution in [3.05, 3.63) is 23.7 Å². The van der Waals surface area contributed by atoms with Gasteiger partial charge in [-0.05, 0) is 42.2 Å². The first-order valence-corrected chi connectivity index (χ1v) is 9.28. The molecule has 0 saturated heterocycles. The highest BCUT2D eigenvalue weighted by atomic mass is 16.3. The van der Waals surface area contributed by atoms with E-state index < -0.39 is 23.2 Å². The fourth-order valence-corrected chi connectivity index (χ4v) is 6.51. The van der Waals surface area contributed by atoms with Crippen molar-refractivity contribution in [3.63, 3.8) is 0 Å². The molecule has 0 aliphatic heterocycles. The fourth-order valence-electron chi connectivity index (χ4n) is 6.51. The maximum atomic E-state index is 11.8. The topological polar surface area (TPSA) is 73.8 Å². The maximum absolute atomic E-state index is 11.8. The van der Waals surface area contributed by atoms with Gasteiger partial charge in [0, 0.05) is 23.7 Å². The minimum absolute atomic E-state index is 0.131. The Balaban J connectivity index is 1.85. The summed E-state index contributed by atoms with van der Waals surface area (Å²) in [6, 6.07) is 2.03. The maximum Gasteiger partial charge on any atom is 0.107 e. The highest BCUT2D eigenvalue weighted by Crippen LogP contribution is 2.66. The second-order valence-electron chi connectivity index (χ2n) is 9.30. The zero-order valence-electron chi connectivity index (χ0n) is 15.1. The van der Waals surface area contributed by atoms with E-state index in [1.54, 1.807) is 6.26 Å². The van der Waals surface area contributed by atoms with Gasteiger partial charge >= 0.3 is 0 Å². The van der Waals surface area contributed by atoms with Crippen LogP contribution in [0.5, 0.6) is 0 Å². The van der Waals surface area contributed by atoms with E-state index in [4.69, 9.17) is 4.42 Å². The minimum Gasteiger partial charge on any atom is -0.469 e. The monoisotopic (exact) mass is 334 g/mol. The summed E-state index contributed by atoms with van der Waals surface area (Å²) in [5.74, 6) is 1.52. The lowest BCUT2D eigenvalue weighted by Crippen LogP contribution is -2.72. The lowest BCUT2D eigenvalue weighted by molar-refractivity contribution is -0.286. The Bertz CT molecular complexity index is 650. The summed E-state index contributed by atoms with van der Waals surface area (Å²) in [6.07, 6.45) is 3.23. The van der Waals surface area contributed by atoms with E-state index in [0.29, 0.717) is 12.8 Å². The van der Waals surface area contributed by atoms with Crippen molar-refractivity contribution in [2.45, 2.75) is 77.1 Å². The van der Waals surface area contributed by atoms with Crippen LogP contribution in [0.4, 0.5) is 0 Å². The lowest BCUT2D eigenvalue weighted by atomic mass is 9.40. The van der Waals surface area contributed by atoms with E-state index in [1.165, 1.54) is 5.56 Å². The van der Waals surface area contributed by atoms with Crippen LogP contribution in [0.3, 0.4) is 0 Å². The molecule has 3 aliphatic rings. The molecule has 24 heavy (non-hydrogen) atoms. The van der Waals surface area contributed by atoms with Crippen LogP contribution in [-0.4, -0.2) is 33.1 Å². The van der Waals surface area contributed by atoms with Gasteiger partial charge in [-0.25, -0.2) is 0 Å². The van der Waals surface area contributed by atoms with Crippen molar-refractivity contribution in [3.8, 4) is 0 Å². The summed E-state index contributed by atoms with van der Waals surface area (Å²) >= 11 is 0. The molecule has 3 N–H and O–H groups in total. The van der Waals surface area contributed by atoms with Crippen molar-refractivity contribution in [2.75, 3.05) is 0 Å². The Hall–Kier alpha value is -0.840. The van der Waals surface area contributed by atoms with Gasteiger partial charge in [-0.1, -0.05) is 27.7 Å². The molecule has 0 unspecified atom stereocenters. The molecule has 2 saturated carbocycles. The molecule has 1 heterocycles. The quantitative estimate of drug-likeness (QED) is 0.682. The summed E-state index contributed by atoms with van der Waals surface area (Å²) in [6.45, 7) is 8.25. The molecule has 2 fully saturated rings. The van der Waals surface area contributed by atoms with Gasteiger partial charge in [0.05, 0.1) is 24.1 Å². The number of fused-ring (bicyclic) bond motifs is 4. The Kier molecular flexibility index (Phi) is 3.37. The average molecular weight is 334 g/mol. The van der Waals surface area contributed by atoms with Crippen LogP contribution in [-0.2, 0) is 6.42 Å². The van der Waals surface area contributed by atoms with Crippen molar-refractivity contribution in [1.29, 1.82) is 0 Å². The molecule has 1 aromatic heterocycles. The normalized spacial score (nSPS) is 49.9. The predicted octanol–water partition coefficient (Wildman–Crippen LogP) is 2.85. The molecular formula is C20H30O4. The summed E-state index contributed by atoms with van der Waals surface area (Å²) in [4.78, 5) is 0. The zero-order chi connectivity index (χ0) is 17.5. The number of aliphatic hydroxyl groups excluding tert-OH is 2. The predicted molar refractivity (Wildman–Crippen MR) is 90.5 cm³/mol. The second kappa shape index (κ2) is 4.87. The van der Waals surface area contributed by atoms with Crippen LogP contribution in [0.2, 0.25) is 0 Å². The highest BCUT2D eigenvalue weighted by molar-refractivity contribution is 5.31. The molecular weight excluding hydrogens is 304 g/mol. The average Bonchev–Trinajstić information content (AvgIpc) is 2.98. The van der Waals surface area contributed by atoms with Gasteiger partial charge in [-0.15, -0.1) is 0 Å². The number of furan rings is 1. The molecule has 1 aromatic rings. The molecule has 7 atom stereocenters. The van der Waals surface area contributed by atoms with Gasteiger partial charge in [-0.2, -0.15) is 0 Å². The first-order valence-electron chi connectivity index (χ1n) is 9.28. The van der Waals surface area contributed by atoms with Gasteiger partial charge in [0.2, 0.25) is 0 Å². The molecule has 4 heteroatoms. The van der Waals surface area contributed by atoms with E-state index in [9.17, 15) is 15.3 Å². The Morgan fingerprint density at radius 3 is 2.62 bits per heavy atom. The van der Waals surface area contributed by atoms with E-state index in [-0.39, 0.29) is 23.2 Å². The molecule has 4 nitrogen and oxygen atoms in total. The summed E-state index contributed by atoms with van der Waals surface area (Å²) in [5, 5.41) is 33.3. The third-order valence-electron chi connectivity index (χ3n) is 8.27. The largest absolute Gasteiger partial charge is 0.469 e. The molecule has 0 spiro atoms. The van der Waals surface area contributed by atoms with Gasteiger partial charge in [-0.3, -0.25) is 0 Å².